The van der Waals surface area contributed by atoms with E-state index in [1.54, 1.807) is 31.2 Å². The Morgan fingerprint density at radius 3 is 2.27 bits per heavy atom. The minimum Gasteiger partial charge on any atom is -0.355 e. The summed E-state index contributed by atoms with van der Waals surface area (Å²) in [5, 5.41) is 10.9. The summed E-state index contributed by atoms with van der Waals surface area (Å²) >= 11 is 0. The molecule has 0 aromatic heterocycles. The number of hydrogen-bond acceptors (Lipinski definition) is 3. The molecule has 1 aliphatic rings. The fraction of sp³-hybridized carbons (Fsp3) is 0.333. The van der Waals surface area contributed by atoms with Gasteiger partial charge in [0, 0.05) is 18.8 Å². The summed E-state index contributed by atoms with van der Waals surface area (Å²) in [7, 11) is 0. The predicted molar refractivity (Wildman–Crippen MR) is 107 cm³/mol. The number of rotatable bonds is 7. The van der Waals surface area contributed by atoms with E-state index in [2.05, 4.69) is 21.3 Å². The van der Waals surface area contributed by atoms with Gasteiger partial charge in [0.2, 0.25) is 5.91 Å². The number of alkyl halides is 3. The Hall–Kier alpha value is -3.23. The Bertz CT molecular complexity index is 909. The largest absolute Gasteiger partial charge is 0.418 e. The second-order valence-electron chi connectivity index (χ2n) is 7.11. The smallest absolute Gasteiger partial charge is 0.355 e. The number of carbonyl (C=O) groups is 2. The monoisotopic (exact) mass is 420 g/mol. The zero-order valence-electron chi connectivity index (χ0n) is 16.4. The molecule has 2 aromatic rings. The summed E-state index contributed by atoms with van der Waals surface area (Å²) in [4.78, 5) is 24.1. The van der Waals surface area contributed by atoms with Crippen molar-refractivity contribution in [2.45, 2.75) is 38.0 Å². The van der Waals surface area contributed by atoms with Gasteiger partial charge in [-0.2, -0.15) is 13.2 Å². The molecule has 1 fully saturated rings. The maximum absolute atomic E-state index is 13.1. The average Bonchev–Trinajstić information content (AvgIpc) is 3.47. The predicted octanol–water partition coefficient (Wildman–Crippen LogP) is 3.92. The third-order valence-electron chi connectivity index (χ3n) is 4.79. The molecule has 30 heavy (non-hydrogen) atoms. The van der Waals surface area contributed by atoms with Crippen LogP contribution in [0.3, 0.4) is 0 Å². The van der Waals surface area contributed by atoms with E-state index in [9.17, 15) is 22.8 Å². The van der Waals surface area contributed by atoms with Crippen LogP contribution in [0.4, 0.5) is 29.3 Å². The average molecular weight is 420 g/mol. The number of hydrogen-bond donors (Lipinski definition) is 4. The van der Waals surface area contributed by atoms with Crippen LogP contribution in [0.15, 0.2) is 48.5 Å². The lowest BCUT2D eigenvalue weighted by atomic mass is 10.1. The SMILES string of the molecule is CCNC(=O)NC1(C(=O)NCc2ccc(Nc3ccccc3C(F)(F)F)cc2)CC1. The summed E-state index contributed by atoms with van der Waals surface area (Å²) in [5.74, 6) is -0.255. The van der Waals surface area contributed by atoms with Gasteiger partial charge in [0.15, 0.2) is 0 Å². The summed E-state index contributed by atoms with van der Waals surface area (Å²) in [6.45, 7) is 2.51. The van der Waals surface area contributed by atoms with Crippen LogP contribution in [-0.4, -0.2) is 24.0 Å². The van der Waals surface area contributed by atoms with Gasteiger partial charge in [-0.25, -0.2) is 4.79 Å². The number of carbonyl (C=O) groups excluding carboxylic acids is 2. The summed E-state index contributed by atoms with van der Waals surface area (Å²) in [6, 6.07) is 11.6. The maximum Gasteiger partial charge on any atom is 0.418 e. The van der Waals surface area contributed by atoms with Crippen molar-refractivity contribution in [3.63, 3.8) is 0 Å². The fourth-order valence-electron chi connectivity index (χ4n) is 3.01. The first-order valence-electron chi connectivity index (χ1n) is 9.60. The number of urea groups is 1. The highest BCUT2D eigenvalue weighted by Crippen LogP contribution is 2.36. The van der Waals surface area contributed by atoms with Crippen LogP contribution < -0.4 is 21.3 Å². The highest BCUT2D eigenvalue weighted by atomic mass is 19.4. The Labute approximate surface area is 172 Å². The first kappa shape index (κ1) is 21.5. The van der Waals surface area contributed by atoms with Crippen LogP contribution in [0.25, 0.3) is 0 Å². The van der Waals surface area contributed by atoms with Gasteiger partial charge in [0.05, 0.1) is 11.3 Å². The molecule has 1 aliphatic carbocycles. The maximum atomic E-state index is 13.1. The standard InChI is InChI=1S/C21H23F3N4O2/c1-2-25-19(30)28-20(11-12-20)18(29)26-13-14-7-9-15(10-8-14)27-17-6-4-3-5-16(17)21(22,23)24/h3-10,27H,2,11-13H2,1H3,(H,26,29)(H2,25,28,30). The molecular formula is C21H23F3N4O2. The number of anilines is 2. The molecule has 0 bridgehead atoms. The zero-order chi connectivity index (χ0) is 21.8. The van der Waals surface area contributed by atoms with E-state index in [4.69, 9.17) is 0 Å². The number of nitrogens with one attached hydrogen (secondary N) is 4. The fourth-order valence-corrected chi connectivity index (χ4v) is 3.01. The molecule has 9 heteroatoms. The first-order chi connectivity index (χ1) is 14.2. The van der Waals surface area contributed by atoms with Crippen molar-refractivity contribution < 1.29 is 22.8 Å². The second kappa shape index (κ2) is 8.64. The second-order valence-corrected chi connectivity index (χ2v) is 7.11. The zero-order valence-corrected chi connectivity index (χ0v) is 16.4. The molecule has 0 radical (unpaired) electrons. The lowest BCUT2D eigenvalue weighted by Crippen LogP contribution is -2.51. The summed E-state index contributed by atoms with van der Waals surface area (Å²) in [5.41, 5.74) is -0.346. The molecule has 3 amide bonds. The third-order valence-corrected chi connectivity index (χ3v) is 4.79. The van der Waals surface area contributed by atoms with Gasteiger partial charge >= 0.3 is 12.2 Å². The van der Waals surface area contributed by atoms with Crippen LogP contribution in [0, 0.1) is 0 Å². The topological polar surface area (TPSA) is 82.3 Å². The number of para-hydroxylation sites is 1. The van der Waals surface area contributed by atoms with E-state index in [0.29, 0.717) is 25.1 Å². The van der Waals surface area contributed by atoms with E-state index < -0.39 is 17.3 Å². The third kappa shape index (κ3) is 5.22. The molecule has 0 spiro atoms. The Morgan fingerprint density at radius 1 is 1.00 bits per heavy atom. The van der Waals surface area contributed by atoms with E-state index in [0.717, 1.165) is 11.6 Å². The lowest BCUT2D eigenvalue weighted by Gasteiger charge is -2.17. The van der Waals surface area contributed by atoms with Gasteiger partial charge in [-0.15, -0.1) is 0 Å². The first-order valence-corrected chi connectivity index (χ1v) is 9.60. The molecule has 6 nitrogen and oxygen atoms in total. The van der Waals surface area contributed by atoms with Crippen molar-refractivity contribution in [3.05, 3.63) is 59.7 Å². The van der Waals surface area contributed by atoms with Crippen LogP contribution in [0.5, 0.6) is 0 Å². The van der Waals surface area contributed by atoms with Gasteiger partial charge in [0.1, 0.15) is 5.54 Å². The van der Waals surface area contributed by atoms with E-state index in [-0.39, 0.29) is 24.2 Å². The van der Waals surface area contributed by atoms with E-state index in [1.807, 2.05) is 0 Å². The van der Waals surface area contributed by atoms with Crippen molar-refractivity contribution in [2.75, 3.05) is 11.9 Å². The quantitative estimate of drug-likeness (QED) is 0.548. The van der Waals surface area contributed by atoms with Crippen molar-refractivity contribution in [2.24, 2.45) is 0 Å². The van der Waals surface area contributed by atoms with Crippen molar-refractivity contribution in [1.82, 2.24) is 16.0 Å². The highest BCUT2D eigenvalue weighted by molar-refractivity contribution is 5.93. The van der Waals surface area contributed by atoms with Gasteiger partial charge < -0.3 is 21.3 Å². The molecule has 4 N–H and O–H groups in total. The van der Waals surface area contributed by atoms with Gasteiger partial charge in [0.25, 0.3) is 0 Å². The van der Waals surface area contributed by atoms with Gasteiger partial charge in [-0.3, -0.25) is 4.79 Å². The number of halogens is 3. The summed E-state index contributed by atoms with van der Waals surface area (Å²) in [6.07, 6.45) is -3.29. The molecule has 0 heterocycles. The van der Waals surface area contributed by atoms with Crippen LogP contribution in [0.1, 0.15) is 30.9 Å². The molecule has 0 aliphatic heterocycles. The van der Waals surface area contributed by atoms with Crippen molar-refractivity contribution in [3.8, 4) is 0 Å². The van der Waals surface area contributed by atoms with Gasteiger partial charge in [-0.1, -0.05) is 24.3 Å². The minimum absolute atomic E-state index is 0.0295. The Kier molecular flexibility index (Phi) is 6.19. The van der Waals surface area contributed by atoms with Gasteiger partial charge in [-0.05, 0) is 49.6 Å². The van der Waals surface area contributed by atoms with E-state index >= 15 is 0 Å². The molecule has 0 saturated heterocycles. The molecule has 0 atom stereocenters. The lowest BCUT2D eigenvalue weighted by molar-refractivity contribution is -0.137. The van der Waals surface area contributed by atoms with Crippen LogP contribution in [-0.2, 0) is 17.5 Å². The molecule has 1 saturated carbocycles. The number of benzene rings is 2. The van der Waals surface area contributed by atoms with E-state index in [1.165, 1.54) is 18.2 Å². The highest BCUT2D eigenvalue weighted by Gasteiger charge is 2.51. The molecule has 2 aromatic carbocycles. The minimum atomic E-state index is -4.45. The summed E-state index contributed by atoms with van der Waals surface area (Å²) < 4.78 is 39.3. The van der Waals surface area contributed by atoms with Crippen molar-refractivity contribution in [1.29, 1.82) is 0 Å². The molecule has 0 unspecified atom stereocenters. The normalized spacial score (nSPS) is 14.5. The van der Waals surface area contributed by atoms with Crippen LogP contribution >= 0.6 is 0 Å². The van der Waals surface area contributed by atoms with Crippen LogP contribution in [0.2, 0.25) is 0 Å². The van der Waals surface area contributed by atoms with Crippen molar-refractivity contribution >= 4 is 23.3 Å². The number of amides is 3. The molecule has 160 valence electrons. The Balaban J connectivity index is 1.57. The molecule has 3 rings (SSSR count). The molecular weight excluding hydrogens is 397 g/mol. The Morgan fingerprint density at radius 2 is 1.67 bits per heavy atom.